The van der Waals surface area contributed by atoms with E-state index in [2.05, 4.69) is 5.32 Å². The Morgan fingerprint density at radius 2 is 2.00 bits per heavy atom. The van der Waals surface area contributed by atoms with Crippen LogP contribution in [0.25, 0.3) is 0 Å². The Bertz CT molecular complexity index is 777. The number of likely N-dealkylation sites (tertiary alicyclic amines) is 1. The molecule has 1 aromatic rings. The number of morpholine rings is 1. The lowest BCUT2D eigenvalue weighted by atomic mass is 10.0. The van der Waals surface area contributed by atoms with Gasteiger partial charge in [-0.15, -0.1) is 0 Å². The van der Waals surface area contributed by atoms with Gasteiger partial charge in [0.15, 0.2) is 0 Å². The lowest BCUT2D eigenvalue weighted by Gasteiger charge is -2.33. The number of piperidine rings is 1. The summed E-state index contributed by atoms with van der Waals surface area (Å²) >= 11 is 0. The van der Waals surface area contributed by atoms with Gasteiger partial charge in [0, 0.05) is 37.8 Å². The first-order valence-electron chi connectivity index (χ1n) is 9.20. The van der Waals surface area contributed by atoms with E-state index >= 15 is 0 Å². The maximum absolute atomic E-state index is 13.1. The van der Waals surface area contributed by atoms with E-state index in [1.807, 2.05) is 7.05 Å². The Morgan fingerprint density at radius 1 is 1.26 bits per heavy atom. The standard InChI is InChI=1S/C18H27N3O5S/c1-19-15-4-3-7-20(13-15)18(22)14-5-6-16(25-2)17(12-14)27(23,24)21-8-10-26-11-9-21/h5-6,12,15,19H,3-4,7-11,13H2,1-2H3. The average molecular weight is 397 g/mol. The molecular formula is C18H27N3O5S. The summed E-state index contributed by atoms with van der Waals surface area (Å²) in [7, 11) is -0.446. The van der Waals surface area contributed by atoms with E-state index in [4.69, 9.17) is 9.47 Å². The van der Waals surface area contributed by atoms with Crippen molar-refractivity contribution in [3.8, 4) is 5.75 Å². The van der Waals surface area contributed by atoms with E-state index in [1.54, 1.807) is 17.0 Å². The zero-order valence-electron chi connectivity index (χ0n) is 15.8. The molecule has 2 heterocycles. The fraction of sp³-hybridized carbons (Fsp3) is 0.611. The third kappa shape index (κ3) is 4.26. The molecule has 2 aliphatic rings. The summed E-state index contributed by atoms with van der Waals surface area (Å²) in [5.41, 5.74) is 0.361. The molecule has 2 saturated heterocycles. The topological polar surface area (TPSA) is 88.2 Å². The van der Waals surface area contributed by atoms with Crippen LogP contribution in [0.4, 0.5) is 0 Å². The first-order valence-corrected chi connectivity index (χ1v) is 10.6. The Balaban J connectivity index is 1.90. The second kappa shape index (κ2) is 8.55. The van der Waals surface area contributed by atoms with Gasteiger partial charge < -0.3 is 19.7 Å². The summed E-state index contributed by atoms with van der Waals surface area (Å²) in [5.74, 6) is 0.0841. The minimum Gasteiger partial charge on any atom is -0.495 e. The van der Waals surface area contributed by atoms with Crippen LogP contribution in [0.15, 0.2) is 23.1 Å². The molecule has 2 aliphatic heterocycles. The lowest BCUT2D eigenvalue weighted by molar-refractivity contribution is 0.0697. The molecule has 0 aliphatic carbocycles. The van der Waals surface area contributed by atoms with Crippen molar-refractivity contribution in [2.45, 2.75) is 23.8 Å². The molecule has 0 aromatic heterocycles. The van der Waals surface area contributed by atoms with Gasteiger partial charge in [0.2, 0.25) is 10.0 Å². The van der Waals surface area contributed by atoms with Crippen LogP contribution in [0.5, 0.6) is 5.75 Å². The van der Waals surface area contributed by atoms with Crippen LogP contribution < -0.4 is 10.1 Å². The molecule has 1 N–H and O–H groups in total. The number of carbonyl (C=O) groups excluding carboxylic acids is 1. The summed E-state index contributed by atoms with van der Waals surface area (Å²) in [6.45, 7) is 2.60. The molecule has 8 nitrogen and oxygen atoms in total. The number of ether oxygens (including phenoxy) is 2. The molecule has 1 atom stereocenters. The van der Waals surface area contributed by atoms with Gasteiger partial charge in [0.1, 0.15) is 10.6 Å². The number of nitrogens with one attached hydrogen (secondary N) is 1. The highest BCUT2D eigenvalue weighted by Gasteiger charge is 2.31. The highest BCUT2D eigenvalue weighted by molar-refractivity contribution is 7.89. The number of hydrogen-bond donors (Lipinski definition) is 1. The summed E-state index contributed by atoms with van der Waals surface area (Å²) in [6.07, 6.45) is 1.95. The number of nitrogens with zero attached hydrogens (tertiary/aromatic N) is 2. The number of sulfonamides is 1. The van der Waals surface area contributed by atoms with Gasteiger partial charge in [0.05, 0.1) is 20.3 Å². The van der Waals surface area contributed by atoms with E-state index in [-0.39, 0.29) is 22.6 Å². The molecule has 27 heavy (non-hydrogen) atoms. The molecule has 1 aromatic carbocycles. The predicted octanol–water partition coefficient (Wildman–Crippen LogP) is 0.540. The molecular weight excluding hydrogens is 370 g/mol. The Kier molecular flexibility index (Phi) is 6.36. The number of likely N-dealkylation sites (N-methyl/N-ethyl adjacent to an activating group) is 1. The number of benzene rings is 1. The molecule has 0 spiro atoms. The third-order valence-electron chi connectivity index (χ3n) is 5.12. The summed E-state index contributed by atoms with van der Waals surface area (Å²) in [6, 6.07) is 4.88. The smallest absolute Gasteiger partial charge is 0.253 e. The minimum atomic E-state index is -3.76. The van der Waals surface area contributed by atoms with Gasteiger partial charge in [-0.05, 0) is 38.1 Å². The third-order valence-corrected chi connectivity index (χ3v) is 7.04. The maximum Gasteiger partial charge on any atom is 0.253 e. The zero-order valence-corrected chi connectivity index (χ0v) is 16.6. The van der Waals surface area contributed by atoms with E-state index < -0.39 is 10.0 Å². The fourth-order valence-corrected chi connectivity index (χ4v) is 5.11. The summed E-state index contributed by atoms with van der Waals surface area (Å²) < 4.78 is 38.0. The van der Waals surface area contributed by atoms with Crippen molar-refractivity contribution in [2.75, 3.05) is 53.6 Å². The zero-order chi connectivity index (χ0) is 19.4. The van der Waals surface area contributed by atoms with Crippen molar-refractivity contribution < 1.29 is 22.7 Å². The van der Waals surface area contributed by atoms with Crippen molar-refractivity contribution in [3.05, 3.63) is 23.8 Å². The predicted molar refractivity (Wildman–Crippen MR) is 101 cm³/mol. The monoisotopic (exact) mass is 397 g/mol. The van der Waals surface area contributed by atoms with Crippen molar-refractivity contribution in [1.82, 2.24) is 14.5 Å². The van der Waals surface area contributed by atoms with E-state index in [9.17, 15) is 13.2 Å². The van der Waals surface area contributed by atoms with E-state index in [1.165, 1.54) is 17.5 Å². The van der Waals surface area contributed by atoms with Gasteiger partial charge in [-0.1, -0.05) is 0 Å². The van der Waals surface area contributed by atoms with Gasteiger partial charge in [-0.25, -0.2) is 8.42 Å². The molecule has 3 rings (SSSR count). The molecule has 2 fully saturated rings. The van der Waals surface area contributed by atoms with Gasteiger partial charge in [-0.3, -0.25) is 4.79 Å². The normalized spacial score (nSPS) is 21.9. The highest BCUT2D eigenvalue weighted by Crippen LogP contribution is 2.29. The van der Waals surface area contributed by atoms with Crippen LogP contribution in [0.3, 0.4) is 0 Å². The maximum atomic E-state index is 13.1. The number of hydrogen-bond acceptors (Lipinski definition) is 6. The number of amides is 1. The van der Waals surface area contributed by atoms with Crippen molar-refractivity contribution in [3.63, 3.8) is 0 Å². The molecule has 9 heteroatoms. The van der Waals surface area contributed by atoms with Crippen LogP contribution >= 0.6 is 0 Å². The van der Waals surface area contributed by atoms with Gasteiger partial charge in [0.25, 0.3) is 5.91 Å². The van der Waals surface area contributed by atoms with E-state index in [0.717, 1.165) is 12.8 Å². The first-order chi connectivity index (χ1) is 13.0. The Hall–Kier alpha value is -1.68. The number of methoxy groups -OCH3 is 1. The SMILES string of the molecule is CNC1CCCN(C(=O)c2ccc(OC)c(S(=O)(=O)N3CCOCC3)c2)C1. The first kappa shape index (κ1) is 20.1. The van der Waals surface area contributed by atoms with Crippen LogP contribution in [0.1, 0.15) is 23.2 Å². The molecule has 0 radical (unpaired) electrons. The van der Waals surface area contributed by atoms with Gasteiger partial charge in [-0.2, -0.15) is 4.31 Å². The summed E-state index contributed by atoms with van der Waals surface area (Å²) in [5, 5.41) is 3.21. The second-order valence-corrected chi connectivity index (χ2v) is 8.67. The molecule has 0 saturated carbocycles. The van der Waals surface area contributed by atoms with Crippen LogP contribution in [-0.4, -0.2) is 83.1 Å². The number of carbonyl (C=O) groups is 1. The lowest BCUT2D eigenvalue weighted by Crippen LogP contribution is -2.47. The van der Waals surface area contributed by atoms with Crippen LogP contribution in [-0.2, 0) is 14.8 Å². The fourth-order valence-electron chi connectivity index (χ4n) is 3.52. The van der Waals surface area contributed by atoms with Crippen molar-refractivity contribution in [2.24, 2.45) is 0 Å². The van der Waals surface area contributed by atoms with E-state index in [0.29, 0.717) is 45.0 Å². The average Bonchev–Trinajstić information content (AvgIpc) is 2.73. The molecule has 0 bridgehead atoms. The summed E-state index contributed by atoms with van der Waals surface area (Å²) in [4.78, 5) is 14.7. The molecule has 1 amide bonds. The molecule has 1 unspecified atom stereocenters. The Labute approximate surface area is 160 Å². The van der Waals surface area contributed by atoms with Gasteiger partial charge >= 0.3 is 0 Å². The van der Waals surface area contributed by atoms with Crippen molar-refractivity contribution >= 4 is 15.9 Å². The Morgan fingerprint density at radius 3 is 2.67 bits per heavy atom. The van der Waals surface area contributed by atoms with Crippen molar-refractivity contribution in [1.29, 1.82) is 0 Å². The highest BCUT2D eigenvalue weighted by atomic mass is 32.2. The minimum absolute atomic E-state index is 0.0277. The van der Waals surface area contributed by atoms with Crippen LogP contribution in [0, 0.1) is 0 Å². The number of rotatable bonds is 5. The quantitative estimate of drug-likeness (QED) is 0.780. The molecule has 150 valence electrons. The second-order valence-electron chi connectivity index (χ2n) is 6.76. The largest absolute Gasteiger partial charge is 0.495 e. The van der Waals surface area contributed by atoms with Crippen LogP contribution in [0.2, 0.25) is 0 Å².